The Hall–Kier alpha value is -1.51. The molecule has 164 valence electrons. The van der Waals surface area contributed by atoms with Gasteiger partial charge in [-0.15, -0.1) is 12.4 Å². The molecule has 0 saturated carbocycles. The molecule has 30 heavy (non-hydrogen) atoms. The average Bonchev–Trinajstić information content (AvgIpc) is 2.67. The van der Waals surface area contributed by atoms with Gasteiger partial charge in [-0.3, -0.25) is 4.72 Å². The lowest BCUT2D eigenvalue weighted by molar-refractivity contribution is 0.0601. The molecule has 0 amide bonds. The smallest absolute Gasteiger partial charge is 0.340 e. The molecular formula is C20H23Cl3N2O4S. The van der Waals surface area contributed by atoms with Crippen molar-refractivity contribution in [2.45, 2.75) is 24.8 Å². The standard InChI is InChI=1S/C20H22Cl2N2O4S.ClH/c1-23-18-7-5-12(11-4-6-16(21)17(22)8-11)13-9-15(20(25)28-2)19(10-14(13)18)24-29(3,26)27;/h4,6,8-10,12,18,23-24H,5,7H2,1-3H3;1H/t12?,18-;/m0./s1. The fraction of sp³-hybridized carbons (Fsp3) is 0.350. The minimum Gasteiger partial charge on any atom is -0.465 e. The normalized spacial score (nSPS) is 18.2. The number of benzene rings is 2. The number of carbonyl (C=O) groups is 1. The van der Waals surface area contributed by atoms with Crippen LogP contribution in [-0.4, -0.2) is 34.8 Å². The maximum Gasteiger partial charge on any atom is 0.340 e. The van der Waals surface area contributed by atoms with Crippen LogP contribution in [0.3, 0.4) is 0 Å². The van der Waals surface area contributed by atoms with Gasteiger partial charge in [0.05, 0.1) is 34.7 Å². The van der Waals surface area contributed by atoms with Gasteiger partial charge in [-0.2, -0.15) is 0 Å². The summed E-state index contributed by atoms with van der Waals surface area (Å²) in [4.78, 5) is 12.4. The Balaban J connectivity index is 0.00000320. The summed E-state index contributed by atoms with van der Waals surface area (Å²) in [6.45, 7) is 0. The van der Waals surface area contributed by atoms with Crippen molar-refractivity contribution in [1.29, 1.82) is 0 Å². The lowest BCUT2D eigenvalue weighted by Gasteiger charge is -2.33. The first-order chi connectivity index (χ1) is 13.6. The van der Waals surface area contributed by atoms with Crippen LogP contribution in [0, 0.1) is 0 Å². The maximum atomic E-state index is 12.4. The second-order valence-corrected chi connectivity index (χ2v) is 9.60. The molecule has 1 aliphatic carbocycles. The van der Waals surface area contributed by atoms with Crippen molar-refractivity contribution in [3.05, 3.63) is 62.6 Å². The van der Waals surface area contributed by atoms with Gasteiger partial charge in [0.15, 0.2) is 0 Å². The zero-order valence-electron chi connectivity index (χ0n) is 16.7. The summed E-state index contributed by atoms with van der Waals surface area (Å²) in [6.07, 6.45) is 2.71. The average molecular weight is 494 g/mol. The number of rotatable bonds is 5. The first-order valence-corrected chi connectivity index (χ1v) is 11.7. The predicted molar refractivity (Wildman–Crippen MR) is 123 cm³/mol. The van der Waals surface area contributed by atoms with Crippen LogP contribution in [-0.2, 0) is 14.8 Å². The van der Waals surface area contributed by atoms with Crippen molar-refractivity contribution in [2.24, 2.45) is 0 Å². The van der Waals surface area contributed by atoms with Crippen LogP contribution in [0.1, 0.15) is 51.8 Å². The van der Waals surface area contributed by atoms with E-state index in [2.05, 4.69) is 10.0 Å². The van der Waals surface area contributed by atoms with Crippen molar-refractivity contribution in [2.75, 3.05) is 25.1 Å². The Kier molecular flexibility index (Phi) is 8.04. The molecule has 6 nitrogen and oxygen atoms in total. The van der Waals surface area contributed by atoms with E-state index in [1.165, 1.54) is 7.11 Å². The minimum absolute atomic E-state index is 0. The molecule has 0 bridgehead atoms. The molecule has 1 aliphatic rings. The van der Waals surface area contributed by atoms with Gasteiger partial charge in [-0.1, -0.05) is 29.3 Å². The van der Waals surface area contributed by atoms with Gasteiger partial charge in [0.25, 0.3) is 0 Å². The number of methoxy groups -OCH3 is 1. The number of hydrogen-bond acceptors (Lipinski definition) is 5. The fourth-order valence-corrected chi connectivity index (χ4v) is 4.69. The Morgan fingerprint density at radius 2 is 1.80 bits per heavy atom. The zero-order valence-corrected chi connectivity index (χ0v) is 19.8. The largest absolute Gasteiger partial charge is 0.465 e. The van der Waals surface area contributed by atoms with Gasteiger partial charge < -0.3 is 10.1 Å². The molecule has 0 aliphatic heterocycles. The quantitative estimate of drug-likeness (QED) is 0.587. The SMILES string of the molecule is CN[C@H]1CCC(c2ccc(Cl)c(Cl)c2)c2cc(C(=O)OC)c(NS(C)(=O)=O)cc21.Cl. The van der Waals surface area contributed by atoms with E-state index in [1.54, 1.807) is 18.2 Å². The van der Waals surface area contributed by atoms with Gasteiger partial charge in [0, 0.05) is 12.0 Å². The van der Waals surface area contributed by atoms with Crippen LogP contribution >= 0.6 is 35.6 Å². The third-order valence-corrected chi connectivity index (χ3v) is 6.44. The molecule has 3 rings (SSSR count). The molecule has 0 fully saturated rings. The molecule has 0 saturated heterocycles. The molecule has 2 atom stereocenters. The lowest BCUT2D eigenvalue weighted by Crippen LogP contribution is -2.26. The van der Waals surface area contributed by atoms with Crippen molar-refractivity contribution in [3.63, 3.8) is 0 Å². The van der Waals surface area contributed by atoms with Gasteiger partial charge >= 0.3 is 5.97 Å². The first kappa shape index (κ1) is 24.8. The van der Waals surface area contributed by atoms with Gasteiger partial charge in [0.1, 0.15) is 0 Å². The van der Waals surface area contributed by atoms with Crippen molar-refractivity contribution < 1.29 is 17.9 Å². The molecule has 2 aromatic carbocycles. The summed E-state index contributed by atoms with van der Waals surface area (Å²) >= 11 is 12.3. The topological polar surface area (TPSA) is 84.5 Å². The predicted octanol–water partition coefficient (Wildman–Crippen LogP) is 4.76. The van der Waals surface area contributed by atoms with Crippen LogP contribution in [0.4, 0.5) is 5.69 Å². The highest BCUT2D eigenvalue weighted by Gasteiger charge is 2.31. The van der Waals surface area contributed by atoms with Crippen LogP contribution in [0.5, 0.6) is 0 Å². The molecule has 0 heterocycles. The second-order valence-electron chi connectivity index (χ2n) is 7.04. The Morgan fingerprint density at radius 3 is 2.37 bits per heavy atom. The molecule has 0 radical (unpaired) electrons. The first-order valence-electron chi connectivity index (χ1n) is 9.00. The summed E-state index contributed by atoms with van der Waals surface area (Å²) in [5.41, 5.74) is 3.20. The number of esters is 1. The number of carbonyl (C=O) groups excluding carboxylic acids is 1. The maximum absolute atomic E-state index is 12.4. The van der Waals surface area contributed by atoms with Gasteiger partial charge in [-0.25, -0.2) is 13.2 Å². The summed E-state index contributed by atoms with van der Waals surface area (Å²) in [7, 11) is -0.463. The molecule has 2 aromatic rings. The third-order valence-electron chi connectivity index (χ3n) is 5.11. The van der Waals surface area contributed by atoms with E-state index in [9.17, 15) is 13.2 Å². The van der Waals surface area contributed by atoms with E-state index in [-0.39, 0.29) is 35.6 Å². The number of anilines is 1. The molecular weight excluding hydrogens is 471 g/mol. The highest BCUT2D eigenvalue weighted by molar-refractivity contribution is 7.92. The molecule has 0 aromatic heterocycles. The van der Waals surface area contributed by atoms with E-state index in [0.29, 0.717) is 10.0 Å². The number of sulfonamides is 1. The van der Waals surface area contributed by atoms with E-state index >= 15 is 0 Å². The van der Waals surface area contributed by atoms with E-state index in [0.717, 1.165) is 35.8 Å². The Bertz CT molecular complexity index is 1060. The van der Waals surface area contributed by atoms with E-state index in [1.807, 2.05) is 19.2 Å². The number of nitrogens with one attached hydrogen (secondary N) is 2. The third kappa shape index (κ3) is 5.21. The second kappa shape index (κ2) is 9.75. The van der Waals surface area contributed by atoms with Crippen LogP contribution in [0.15, 0.2) is 30.3 Å². The van der Waals surface area contributed by atoms with Crippen molar-refractivity contribution in [1.82, 2.24) is 5.32 Å². The number of halogens is 3. The van der Waals surface area contributed by atoms with Crippen LogP contribution < -0.4 is 10.0 Å². The van der Waals surface area contributed by atoms with E-state index < -0.39 is 16.0 Å². The van der Waals surface area contributed by atoms with Crippen molar-refractivity contribution >= 4 is 57.3 Å². The highest BCUT2D eigenvalue weighted by atomic mass is 35.5. The summed E-state index contributed by atoms with van der Waals surface area (Å²) in [5, 5.41) is 4.20. The van der Waals surface area contributed by atoms with Gasteiger partial charge in [-0.05, 0) is 60.8 Å². The summed E-state index contributed by atoms with van der Waals surface area (Å²) in [5.74, 6) is -0.626. The Morgan fingerprint density at radius 1 is 1.10 bits per heavy atom. The number of ether oxygens (including phenoxy) is 1. The Labute approximate surface area is 192 Å². The van der Waals surface area contributed by atoms with Gasteiger partial charge in [0.2, 0.25) is 10.0 Å². The molecule has 10 heteroatoms. The van der Waals surface area contributed by atoms with E-state index in [4.69, 9.17) is 27.9 Å². The lowest BCUT2D eigenvalue weighted by atomic mass is 9.76. The monoisotopic (exact) mass is 492 g/mol. The summed E-state index contributed by atoms with van der Waals surface area (Å²) < 4.78 is 31.0. The number of fused-ring (bicyclic) bond motifs is 1. The number of hydrogen-bond donors (Lipinski definition) is 2. The minimum atomic E-state index is -3.58. The van der Waals surface area contributed by atoms with Crippen LogP contribution in [0.2, 0.25) is 10.0 Å². The molecule has 1 unspecified atom stereocenters. The molecule has 0 spiro atoms. The fourth-order valence-electron chi connectivity index (χ4n) is 3.82. The highest BCUT2D eigenvalue weighted by Crippen LogP contribution is 2.44. The molecule has 2 N–H and O–H groups in total. The van der Waals surface area contributed by atoms with Crippen molar-refractivity contribution in [3.8, 4) is 0 Å². The van der Waals surface area contributed by atoms with Crippen LogP contribution in [0.25, 0.3) is 0 Å². The summed E-state index contributed by atoms with van der Waals surface area (Å²) in [6, 6.07) is 8.96. The zero-order chi connectivity index (χ0) is 21.3.